The van der Waals surface area contributed by atoms with E-state index in [4.69, 9.17) is 4.74 Å². The van der Waals surface area contributed by atoms with Crippen LogP contribution in [0.5, 0.6) is 0 Å². The minimum atomic E-state index is 0.539. The van der Waals surface area contributed by atoms with E-state index >= 15 is 0 Å². The lowest BCUT2D eigenvalue weighted by atomic mass is 9.86. The quantitative estimate of drug-likeness (QED) is 0.482. The maximum Gasteiger partial charge on any atom is 0.298 e. The molecule has 2 rings (SSSR count). The predicted molar refractivity (Wildman–Crippen MR) is 49.8 cm³/mol. The first-order valence-corrected chi connectivity index (χ1v) is 5.02. The Labute approximate surface area is 79.0 Å². The van der Waals surface area contributed by atoms with Crippen LogP contribution >= 0.6 is 0 Å². The topological polar surface area (TPSA) is 26.3 Å². The first-order valence-electron chi connectivity index (χ1n) is 5.02. The molecule has 3 atom stereocenters. The Morgan fingerprint density at radius 1 is 1.54 bits per heavy atom. The summed E-state index contributed by atoms with van der Waals surface area (Å²) in [7, 11) is 0. The summed E-state index contributed by atoms with van der Waals surface area (Å²) in [4.78, 5) is 10.2. The molecule has 0 amide bonds. The van der Waals surface area contributed by atoms with E-state index in [9.17, 15) is 4.79 Å². The van der Waals surface area contributed by atoms with Crippen LogP contribution in [-0.4, -0.2) is 6.47 Å². The van der Waals surface area contributed by atoms with E-state index < -0.39 is 0 Å². The molecule has 2 aliphatic rings. The van der Waals surface area contributed by atoms with E-state index in [1.165, 1.54) is 18.4 Å². The van der Waals surface area contributed by atoms with Crippen molar-refractivity contribution in [1.29, 1.82) is 0 Å². The highest BCUT2D eigenvalue weighted by molar-refractivity contribution is 5.40. The molecular weight excluding hydrogens is 164 g/mol. The summed E-state index contributed by atoms with van der Waals surface area (Å²) < 4.78 is 4.91. The number of allylic oxidation sites excluding steroid dienone is 2. The molecule has 2 bridgehead atoms. The van der Waals surface area contributed by atoms with Gasteiger partial charge in [-0.05, 0) is 49.5 Å². The zero-order chi connectivity index (χ0) is 9.42. The molecule has 2 saturated carbocycles. The van der Waals surface area contributed by atoms with Gasteiger partial charge in [-0.2, -0.15) is 0 Å². The van der Waals surface area contributed by atoms with Crippen LogP contribution in [0.2, 0.25) is 0 Å². The van der Waals surface area contributed by atoms with Crippen molar-refractivity contribution in [3.63, 3.8) is 0 Å². The summed E-state index contributed by atoms with van der Waals surface area (Å²) in [5.74, 6) is 3.29. The number of carbonyl (C=O) groups excluding carboxylic acids is 1. The van der Waals surface area contributed by atoms with Crippen LogP contribution in [0.15, 0.2) is 11.3 Å². The van der Waals surface area contributed by atoms with Crippen molar-refractivity contribution in [3.05, 3.63) is 11.3 Å². The van der Waals surface area contributed by atoms with E-state index in [-0.39, 0.29) is 0 Å². The van der Waals surface area contributed by atoms with Gasteiger partial charge in [0.15, 0.2) is 0 Å². The molecule has 0 heterocycles. The van der Waals surface area contributed by atoms with Gasteiger partial charge >= 0.3 is 0 Å². The Hall–Kier alpha value is -0.790. The minimum absolute atomic E-state index is 0.539. The Kier molecular flexibility index (Phi) is 2.14. The van der Waals surface area contributed by atoms with E-state index in [0.717, 1.165) is 24.0 Å². The molecule has 2 nitrogen and oxygen atoms in total. The van der Waals surface area contributed by atoms with Crippen molar-refractivity contribution in [2.24, 2.45) is 17.8 Å². The molecule has 0 saturated heterocycles. The predicted octanol–water partition coefficient (Wildman–Crippen LogP) is 2.50. The zero-order valence-electron chi connectivity index (χ0n) is 8.25. The molecule has 2 aliphatic carbocycles. The Morgan fingerprint density at radius 2 is 2.31 bits per heavy atom. The van der Waals surface area contributed by atoms with Gasteiger partial charge in [-0.25, -0.2) is 0 Å². The minimum Gasteiger partial charge on any atom is -0.434 e. The Balaban J connectivity index is 2.13. The van der Waals surface area contributed by atoms with Crippen LogP contribution in [0.25, 0.3) is 0 Å². The van der Waals surface area contributed by atoms with E-state index in [0.29, 0.717) is 12.4 Å². The average molecular weight is 180 g/mol. The van der Waals surface area contributed by atoms with Gasteiger partial charge in [0.25, 0.3) is 6.47 Å². The van der Waals surface area contributed by atoms with Gasteiger partial charge < -0.3 is 4.74 Å². The molecule has 0 aliphatic heterocycles. The molecule has 13 heavy (non-hydrogen) atoms. The Morgan fingerprint density at radius 3 is 2.77 bits per heavy atom. The molecule has 0 spiro atoms. The number of carbonyl (C=O) groups is 1. The highest BCUT2D eigenvalue weighted by Crippen LogP contribution is 2.52. The SMILES string of the molecule is CC(OC=O)=C1CC2CC1CC2C. The molecule has 0 N–H and O–H groups in total. The molecular formula is C11H16O2. The number of hydrogen-bond acceptors (Lipinski definition) is 2. The van der Waals surface area contributed by atoms with Crippen molar-refractivity contribution in [2.75, 3.05) is 0 Å². The summed E-state index contributed by atoms with van der Waals surface area (Å²) in [6.07, 6.45) is 3.77. The summed E-state index contributed by atoms with van der Waals surface area (Å²) in [5, 5.41) is 0. The molecule has 2 heteroatoms. The molecule has 3 unspecified atom stereocenters. The lowest BCUT2D eigenvalue weighted by molar-refractivity contribution is -0.125. The second-order valence-corrected chi connectivity index (χ2v) is 4.41. The molecule has 2 fully saturated rings. The van der Waals surface area contributed by atoms with Gasteiger partial charge in [-0.15, -0.1) is 0 Å². The van der Waals surface area contributed by atoms with E-state index in [2.05, 4.69) is 6.92 Å². The summed E-state index contributed by atoms with van der Waals surface area (Å²) in [6, 6.07) is 0. The van der Waals surface area contributed by atoms with Gasteiger partial charge in [0.05, 0.1) is 0 Å². The van der Waals surface area contributed by atoms with E-state index in [1.54, 1.807) is 0 Å². The molecule has 0 aromatic carbocycles. The van der Waals surface area contributed by atoms with Crippen LogP contribution in [0.1, 0.15) is 33.1 Å². The monoisotopic (exact) mass is 180 g/mol. The number of rotatable bonds is 2. The van der Waals surface area contributed by atoms with E-state index in [1.807, 2.05) is 6.92 Å². The normalized spacial score (nSPS) is 40.6. The summed E-state index contributed by atoms with van der Waals surface area (Å²) in [5.41, 5.74) is 1.40. The standard InChI is InChI=1S/C11H16O2/c1-7-3-10-4-9(7)5-11(10)8(2)13-6-12/h6-7,9-10H,3-5H2,1-2H3. The lowest BCUT2D eigenvalue weighted by Crippen LogP contribution is -2.09. The van der Waals surface area contributed by atoms with Crippen molar-refractivity contribution in [2.45, 2.75) is 33.1 Å². The van der Waals surface area contributed by atoms with Gasteiger partial charge in [0.2, 0.25) is 0 Å². The van der Waals surface area contributed by atoms with Crippen LogP contribution in [0.4, 0.5) is 0 Å². The smallest absolute Gasteiger partial charge is 0.298 e. The fraction of sp³-hybridized carbons (Fsp3) is 0.727. The van der Waals surface area contributed by atoms with Crippen molar-refractivity contribution < 1.29 is 9.53 Å². The summed E-state index contributed by atoms with van der Waals surface area (Å²) >= 11 is 0. The second kappa shape index (κ2) is 3.17. The fourth-order valence-corrected chi connectivity index (χ4v) is 2.93. The van der Waals surface area contributed by atoms with Crippen molar-refractivity contribution in [3.8, 4) is 0 Å². The van der Waals surface area contributed by atoms with Crippen LogP contribution in [-0.2, 0) is 9.53 Å². The van der Waals surface area contributed by atoms with Crippen LogP contribution < -0.4 is 0 Å². The zero-order valence-corrected chi connectivity index (χ0v) is 8.25. The maximum atomic E-state index is 10.2. The number of ether oxygens (including phenoxy) is 1. The number of fused-ring (bicyclic) bond motifs is 2. The lowest BCUT2D eigenvalue weighted by Gasteiger charge is -2.20. The molecule has 0 radical (unpaired) electrons. The highest BCUT2D eigenvalue weighted by atomic mass is 16.5. The third-order valence-electron chi connectivity index (χ3n) is 3.70. The van der Waals surface area contributed by atoms with Gasteiger partial charge in [0.1, 0.15) is 5.76 Å². The highest BCUT2D eigenvalue weighted by Gasteiger charge is 2.41. The van der Waals surface area contributed by atoms with Gasteiger partial charge in [-0.1, -0.05) is 6.92 Å². The molecule has 0 aromatic rings. The molecule has 72 valence electrons. The fourth-order valence-electron chi connectivity index (χ4n) is 2.93. The largest absolute Gasteiger partial charge is 0.434 e. The average Bonchev–Trinajstić information content (AvgIpc) is 2.62. The van der Waals surface area contributed by atoms with Crippen LogP contribution in [0, 0.1) is 17.8 Å². The van der Waals surface area contributed by atoms with Gasteiger partial charge in [0, 0.05) is 0 Å². The first kappa shape index (κ1) is 8.79. The van der Waals surface area contributed by atoms with Crippen molar-refractivity contribution in [1.82, 2.24) is 0 Å². The molecule has 0 aromatic heterocycles. The summed E-state index contributed by atoms with van der Waals surface area (Å²) in [6.45, 7) is 4.78. The third-order valence-corrected chi connectivity index (χ3v) is 3.70. The second-order valence-electron chi connectivity index (χ2n) is 4.41. The van der Waals surface area contributed by atoms with Gasteiger partial charge in [-0.3, -0.25) is 4.79 Å². The van der Waals surface area contributed by atoms with Crippen LogP contribution in [0.3, 0.4) is 0 Å². The first-order chi connectivity index (χ1) is 6.22. The number of hydrogen-bond donors (Lipinski definition) is 0. The van der Waals surface area contributed by atoms with Crippen molar-refractivity contribution >= 4 is 6.47 Å². The Bertz CT molecular complexity index is 253. The third kappa shape index (κ3) is 1.38. The maximum absolute atomic E-state index is 10.2.